The lowest BCUT2D eigenvalue weighted by Gasteiger charge is -2.14. The van der Waals surface area contributed by atoms with Gasteiger partial charge in [-0.15, -0.1) is 13.2 Å². The van der Waals surface area contributed by atoms with Gasteiger partial charge in [0.15, 0.2) is 0 Å². The van der Waals surface area contributed by atoms with Gasteiger partial charge in [-0.25, -0.2) is 9.78 Å². The lowest BCUT2D eigenvalue weighted by Crippen LogP contribution is -2.22. The molecule has 0 aliphatic heterocycles. The zero-order chi connectivity index (χ0) is 14.6. The summed E-state index contributed by atoms with van der Waals surface area (Å²) in [6, 6.07) is 1.19. The van der Waals surface area contributed by atoms with E-state index in [2.05, 4.69) is 14.5 Å². The average Bonchev–Trinajstić information content (AvgIpc) is 2.26. The standard InChI is InChI=1S/C10H12F3N3O3/c1-2-18-9(17)7-6(15)3-5(4-14)16-8(7)19-10(11,12)13/h3H,2,4,14H2,1H3,(H2,15,16). The van der Waals surface area contributed by atoms with Crippen molar-refractivity contribution in [1.82, 2.24) is 4.98 Å². The minimum Gasteiger partial charge on any atom is -0.462 e. The topological polar surface area (TPSA) is 100 Å². The Hall–Kier alpha value is -2.03. The van der Waals surface area contributed by atoms with Crippen molar-refractivity contribution >= 4 is 11.7 Å². The molecular weight excluding hydrogens is 267 g/mol. The smallest absolute Gasteiger partial charge is 0.462 e. The van der Waals surface area contributed by atoms with E-state index in [0.29, 0.717) is 0 Å². The van der Waals surface area contributed by atoms with E-state index < -0.39 is 23.8 Å². The zero-order valence-corrected chi connectivity index (χ0v) is 9.95. The highest BCUT2D eigenvalue weighted by Gasteiger charge is 2.35. The van der Waals surface area contributed by atoms with Crippen LogP contribution in [0.25, 0.3) is 0 Å². The van der Waals surface area contributed by atoms with E-state index in [0.717, 1.165) is 0 Å². The molecule has 106 valence electrons. The molecule has 0 unspecified atom stereocenters. The molecule has 0 atom stereocenters. The van der Waals surface area contributed by atoms with E-state index in [1.807, 2.05) is 0 Å². The molecule has 1 heterocycles. The maximum Gasteiger partial charge on any atom is 0.574 e. The molecule has 9 heteroatoms. The summed E-state index contributed by atoms with van der Waals surface area (Å²) in [5.41, 5.74) is 10.0. The van der Waals surface area contributed by atoms with Crippen molar-refractivity contribution in [1.29, 1.82) is 0 Å². The largest absolute Gasteiger partial charge is 0.574 e. The van der Waals surface area contributed by atoms with Gasteiger partial charge in [0.05, 0.1) is 18.0 Å². The lowest BCUT2D eigenvalue weighted by atomic mass is 10.2. The maximum absolute atomic E-state index is 12.3. The van der Waals surface area contributed by atoms with Crippen LogP contribution in [0.1, 0.15) is 23.0 Å². The average molecular weight is 279 g/mol. The van der Waals surface area contributed by atoms with Crippen LogP contribution in [-0.2, 0) is 11.3 Å². The molecular formula is C10H12F3N3O3. The summed E-state index contributed by atoms with van der Waals surface area (Å²) in [5, 5.41) is 0. The Morgan fingerprint density at radius 2 is 2.11 bits per heavy atom. The van der Waals surface area contributed by atoms with E-state index in [4.69, 9.17) is 11.5 Å². The SMILES string of the molecule is CCOC(=O)c1c(N)cc(CN)nc1OC(F)(F)F. The number of rotatable bonds is 4. The third-order valence-corrected chi connectivity index (χ3v) is 1.97. The summed E-state index contributed by atoms with van der Waals surface area (Å²) in [7, 11) is 0. The van der Waals surface area contributed by atoms with Gasteiger partial charge in [-0.2, -0.15) is 0 Å². The number of carbonyl (C=O) groups excluding carboxylic acids is 1. The normalized spacial score (nSPS) is 11.2. The number of ether oxygens (including phenoxy) is 2. The van der Waals surface area contributed by atoms with E-state index in [9.17, 15) is 18.0 Å². The number of nitrogen functional groups attached to an aromatic ring is 1. The van der Waals surface area contributed by atoms with Gasteiger partial charge in [-0.05, 0) is 13.0 Å². The second-order valence-corrected chi connectivity index (χ2v) is 3.36. The number of halogens is 3. The van der Waals surface area contributed by atoms with Gasteiger partial charge in [0, 0.05) is 6.54 Å². The van der Waals surface area contributed by atoms with Gasteiger partial charge < -0.3 is 20.9 Å². The van der Waals surface area contributed by atoms with Crippen molar-refractivity contribution in [3.63, 3.8) is 0 Å². The van der Waals surface area contributed by atoms with E-state index in [1.165, 1.54) is 13.0 Å². The predicted molar refractivity (Wildman–Crippen MR) is 59.2 cm³/mol. The maximum atomic E-state index is 12.3. The summed E-state index contributed by atoms with van der Waals surface area (Å²) < 4.78 is 45.0. The highest BCUT2D eigenvalue weighted by atomic mass is 19.4. The fourth-order valence-electron chi connectivity index (χ4n) is 1.29. The molecule has 0 aliphatic carbocycles. The van der Waals surface area contributed by atoms with Crippen LogP contribution in [0.5, 0.6) is 5.88 Å². The molecule has 0 aromatic carbocycles. The number of aromatic nitrogens is 1. The number of nitrogens with two attached hydrogens (primary N) is 2. The molecule has 1 rings (SSSR count). The van der Waals surface area contributed by atoms with Gasteiger partial charge in [0.1, 0.15) is 5.56 Å². The number of pyridine rings is 1. The number of carbonyl (C=O) groups is 1. The molecule has 0 radical (unpaired) electrons. The number of nitrogens with zero attached hydrogens (tertiary/aromatic N) is 1. The first kappa shape index (κ1) is 15.0. The Morgan fingerprint density at radius 3 is 2.58 bits per heavy atom. The highest BCUT2D eigenvalue weighted by molar-refractivity contribution is 5.97. The Kier molecular flexibility index (Phi) is 4.54. The summed E-state index contributed by atoms with van der Waals surface area (Å²) in [4.78, 5) is 15.0. The first-order valence-corrected chi connectivity index (χ1v) is 5.20. The van der Waals surface area contributed by atoms with Gasteiger partial charge >= 0.3 is 12.3 Å². The molecule has 0 bridgehead atoms. The van der Waals surface area contributed by atoms with Crippen molar-refractivity contribution in [3.05, 3.63) is 17.3 Å². The summed E-state index contributed by atoms with van der Waals surface area (Å²) >= 11 is 0. The molecule has 1 aromatic heterocycles. The quantitative estimate of drug-likeness (QED) is 0.803. The van der Waals surface area contributed by atoms with Crippen molar-refractivity contribution in [2.45, 2.75) is 19.8 Å². The molecule has 4 N–H and O–H groups in total. The van der Waals surface area contributed by atoms with Crippen LogP contribution < -0.4 is 16.2 Å². The molecule has 19 heavy (non-hydrogen) atoms. The fourth-order valence-corrected chi connectivity index (χ4v) is 1.29. The van der Waals surface area contributed by atoms with Crippen LogP contribution in [0.2, 0.25) is 0 Å². The van der Waals surface area contributed by atoms with Crippen LogP contribution in [0.3, 0.4) is 0 Å². The van der Waals surface area contributed by atoms with Gasteiger partial charge in [-0.3, -0.25) is 0 Å². The Morgan fingerprint density at radius 1 is 1.47 bits per heavy atom. The number of hydrogen-bond acceptors (Lipinski definition) is 6. The molecule has 0 spiro atoms. The lowest BCUT2D eigenvalue weighted by molar-refractivity contribution is -0.276. The third kappa shape index (κ3) is 3.98. The molecule has 6 nitrogen and oxygen atoms in total. The predicted octanol–water partition coefficient (Wildman–Crippen LogP) is 1.20. The summed E-state index contributed by atoms with van der Waals surface area (Å²) in [5.74, 6) is -2.01. The minimum atomic E-state index is -5.01. The van der Waals surface area contributed by atoms with Crippen molar-refractivity contribution in [3.8, 4) is 5.88 Å². The number of alkyl halides is 3. The first-order valence-electron chi connectivity index (χ1n) is 5.20. The van der Waals surface area contributed by atoms with Crippen molar-refractivity contribution in [2.24, 2.45) is 5.73 Å². The second kappa shape index (κ2) is 5.74. The van der Waals surface area contributed by atoms with Gasteiger partial charge in [0.25, 0.3) is 0 Å². The monoisotopic (exact) mass is 279 g/mol. The molecule has 0 aliphatic rings. The molecule has 0 amide bonds. The Bertz CT molecular complexity index is 477. The van der Waals surface area contributed by atoms with E-state index in [-0.39, 0.29) is 24.5 Å². The number of anilines is 1. The van der Waals surface area contributed by atoms with Crippen LogP contribution in [0, 0.1) is 0 Å². The van der Waals surface area contributed by atoms with Crippen LogP contribution in [0.4, 0.5) is 18.9 Å². The van der Waals surface area contributed by atoms with Crippen LogP contribution >= 0.6 is 0 Å². The van der Waals surface area contributed by atoms with E-state index >= 15 is 0 Å². The number of esters is 1. The van der Waals surface area contributed by atoms with Crippen molar-refractivity contribution in [2.75, 3.05) is 12.3 Å². The number of hydrogen-bond donors (Lipinski definition) is 2. The van der Waals surface area contributed by atoms with Gasteiger partial charge in [0.2, 0.25) is 5.88 Å². The second-order valence-electron chi connectivity index (χ2n) is 3.36. The van der Waals surface area contributed by atoms with Crippen LogP contribution in [0.15, 0.2) is 6.07 Å². The molecule has 0 saturated carbocycles. The Labute approximate surface area is 106 Å². The fraction of sp³-hybridized carbons (Fsp3) is 0.400. The Balaban J connectivity index is 3.29. The molecule has 0 saturated heterocycles. The van der Waals surface area contributed by atoms with Gasteiger partial charge in [-0.1, -0.05) is 0 Å². The summed E-state index contributed by atoms with van der Waals surface area (Å²) in [6.07, 6.45) is -5.01. The van der Waals surface area contributed by atoms with Crippen LogP contribution in [-0.4, -0.2) is 23.9 Å². The van der Waals surface area contributed by atoms with Crippen molar-refractivity contribution < 1.29 is 27.4 Å². The molecule has 1 aromatic rings. The first-order chi connectivity index (χ1) is 8.78. The highest BCUT2D eigenvalue weighted by Crippen LogP contribution is 2.29. The zero-order valence-electron chi connectivity index (χ0n) is 9.95. The van der Waals surface area contributed by atoms with E-state index in [1.54, 1.807) is 0 Å². The summed E-state index contributed by atoms with van der Waals surface area (Å²) in [6.45, 7) is 1.32. The molecule has 0 fully saturated rings. The minimum absolute atomic E-state index is 0.0254. The third-order valence-electron chi connectivity index (χ3n) is 1.97.